The van der Waals surface area contributed by atoms with E-state index in [1.807, 2.05) is 12.1 Å². The number of aryl methyl sites for hydroxylation is 2. The third kappa shape index (κ3) is 3.93. The number of hydrogen-bond acceptors (Lipinski definition) is 2. The molecule has 1 heterocycles. The minimum atomic E-state index is 0.177. The molecule has 0 saturated carbocycles. The van der Waals surface area contributed by atoms with Gasteiger partial charge in [-0.2, -0.15) is 0 Å². The molecule has 1 aliphatic carbocycles. The summed E-state index contributed by atoms with van der Waals surface area (Å²) in [5.41, 5.74) is 8.74. The minimum absolute atomic E-state index is 0.177. The van der Waals surface area contributed by atoms with Crippen molar-refractivity contribution in [3.8, 4) is 5.75 Å². The summed E-state index contributed by atoms with van der Waals surface area (Å²) in [6.45, 7) is 16.4. The standard InChI is InChI=1S/C29H40O2/c1-8-26-20(6)19(5)21(7)29(31-26)28-17(3)13-16(2)27-18(4)14-23(15-25(27)28)22-9-11-24(30)12-10-22/h9-13,18-21,23,26,29-30H,8,14-15H2,1-7H3. The molecule has 2 aliphatic rings. The third-order valence-electron chi connectivity index (χ3n) is 8.61. The summed E-state index contributed by atoms with van der Waals surface area (Å²) in [6.07, 6.45) is 3.81. The van der Waals surface area contributed by atoms with Crippen LogP contribution in [0.15, 0.2) is 30.3 Å². The third-order valence-corrected chi connectivity index (χ3v) is 8.61. The van der Waals surface area contributed by atoms with Crippen LogP contribution in [0.3, 0.4) is 0 Å². The second-order valence-electron chi connectivity index (χ2n) is 10.5. The second-order valence-corrected chi connectivity index (χ2v) is 10.5. The molecule has 2 aromatic rings. The van der Waals surface area contributed by atoms with E-state index in [4.69, 9.17) is 4.74 Å². The Morgan fingerprint density at radius 1 is 0.903 bits per heavy atom. The van der Waals surface area contributed by atoms with Crippen LogP contribution in [0, 0.1) is 31.6 Å². The molecule has 31 heavy (non-hydrogen) atoms. The molecule has 7 unspecified atom stereocenters. The van der Waals surface area contributed by atoms with E-state index >= 15 is 0 Å². The molecule has 0 bridgehead atoms. The van der Waals surface area contributed by atoms with Crippen LogP contribution in [0.1, 0.15) is 98.8 Å². The lowest BCUT2D eigenvalue weighted by molar-refractivity contribution is -0.137. The molecule has 1 aliphatic heterocycles. The maximum Gasteiger partial charge on any atom is 0.115 e. The minimum Gasteiger partial charge on any atom is -0.508 e. The van der Waals surface area contributed by atoms with E-state index < -0.39 is 0 Å². The van der Waals surface area contributed by atoms with Crippen molar-refractivity contribution in [2.24, 2.45) is 17.8 Å². The summed E-state index contributed by atoms with van der Waals surface area (Å²) >= 11 is 0. The fourth-order valence-electron chi connectivity index (χ4n) is 6.61. The molecular weight excluding hydrogens is 380 g/mol. The molecule has 1 fully saturated rings. The molecule has 1 N–H and O–H groups in total. The summed E-state index contributed by atoms with van der Waals surface area (Å²) in [4.78, 5) is 0. The van der Waals surface area contributed by atoms with Gasteiger partial charge in [0.15, 0.2) is 0 Å². The number of benzene rings is 2. The zero-order chi connectivity index (χ0) is 22.4. The van der Waals surface area contributed by atoms with E-state index in [-0.39, 0.29) is 6.10 Å². The summed E-state index contributed by atoms with van der Waals surface area (Å²) in [7, 11) is 0. The molecule has 168 valence electrons. The molecule has 0 aromatic heterocycles. The molecule has 1 saturated heterocycles. The lowest BCUT2D eigenvalue weighted by Gasteiger charge is -2.46. The van der Waals surface area contributed by atoms with Crippen molar-refractivity contribution in [1.82, 2.24) is 0 Å². The van der Waals surface area contributed by atoms with Crippen LogP contribution in [0.25, 0.3) is 0 Å². The van der Waals surface area contributed by atoms with Crippen LogP contribution >= 0.6 is 0 Å². The number of aromatic hydroxyl groups is 1. The van der Waals surface area contributed by atoms with Crippen LogP contribution in [0.4, 0.5) is 0 Å². The van der Waals surface area contributed by atoms with Gasteiger partial charge >= 0.3 is 0 Å². The van der Waals surface area contributed by atoms with E-state index in [0.717, 1.165) is 19.3 Å². The summed E-state index contributed by atoms with van der Waals surface area (Å²) in [5.74, 6) is 3.11. The second kappa shape index (κ2) is 8.62. The van der Waals surface area contributed by atoms with Gasteiger partial charge in [-0.05, 0) is 108 Å². The summed E-state index contributed by atoms with van der Waals surface area (Å²) in [5, 5.41) is 9.76. The fraction of sp³-hybridized carbons (Fsp3) is 0.586. The van der Waals surface area contributed by atoms with Gasteiger partial charge in [-0.3, -0.25) is 0 Å². The highest BCUT2D eigenvalue weighted by Crippen LogP contribution is 2.50. The monoisotopic (exact) mass is 420 g/mol. The van der Waals surface area contributed by atoms with Gasteiger partial charge in [0.1, 0.15) is 5.75 Å². The van der Waals surface area contributed by atoms with Gasteiger partial charge in [-0.1, -0.05) is 52.8 Å². The van der Waals surface area contributed by atoms with E-state index in [1.165, 1.54) is 22.3 Å². The van der Waals surface area contributed by atoms with Gasteiger partial charge in [-0.15, -0.1) is 0 Å². The number of phenols is 1. The van der Waals surface area contributed by atoms with E-state index in [9.17, 15) is 5.11 Å². The van der Waals surface area contributed by atoms with Crippen LogP contribution in [0.5, 0.6) is 5.75 Å². The Balaban J connectivity index is 1.80. The summed E-state index contributed by atoms with van der Waals surface area (Å²) < 4.78 is 6.86. The average Bonchev–Trinajstić information content (AvgIpc) is 2.73. The Labute approximate surface area is 189 Å². The molecular formula is C29H40O2. The van der Waals surface area contributed by atoms with Crippen molar-refractivity contribution in [2.45, 2.75) is 91.8 Å². The maximum atomic E-state index is 9.76. The van der Waals surface area contributed by atoms with Crippen LogP contribution in [0.2, 0.25) is 0 Å². The first-order chi connectivity index (χ1) is 14.7. The van der Waals surface area contributed by atoms with Crippen molar-refractivity contribution < 1.29 is 9.84 Å². The first kappa shape index (κ1) is 22.4. The summed E-state index contributed by atoms with van der Waals surface area (Å²) in [6, 6.07) is 10.3. The van der Waals surface area contributed by atoms with Crippen LogP contribution in [-0.2, 0) is 11.2 Å². The van der Waals surface area contributed by atoms with E-state index in [2.05, 4.69) is 66.7 Å². The first-order valence-electron chi connectivity index (χ1n) is 12.3. The van der Waals surface area contributed by atoms with Gasteiger partial charge in [0.05, 0.1) is 12.2 Å². The highest BCUT2D eigenvalue weighted by molar-refractivity contribution is 5.51. The van der Waals surface area contributed by atoms with E-state index in [0.29, 0.717) is 41.4 Å². The molecule has 0 radical (unpaired) electrons. The maximum absolute atomic E-state index is 9.76. The van der Waals surface area contributed by atoms with Crippen molar-refractivity contribution in [1.29, 1.82) is 0 Å². The Morgan fingerprint density at radius 2 is 1.55 bits per heavy atom. The molecule has 0 amide bonds. The van der Waals surface area contributed by atoms with Crippen molar-refractivity contribution in [2.75, 3.05) is 0 Å². The number of rotatable bonds is 3. The number of phenolic OH excluding ortho intramolecular Hbond substituents is 1. The van der Waals surface area contributed by atoms with Crippen molar-refractivity contribution in [3.05, 3.63) is 63.7 Å². The largest absolute Gasteiger partial charge is 0.508 e. The molecule has 4 rings (SSSR count). The average molecular weight is 421 g/mol. The van der Waals surface area contributed by atoms with E-state index in [1.54, 1.807) is 11.1 Å². The van der Waals surface area contributed by atoms with Gasteiger partial charge in [-0.25, -0.2) is 0 Å². The topological polar surface area (TPSA) is 29.5 Å². The smallest absolute Gasteiger partial charge is 0.115 e. The highest BCUT2D eigenvalue weighted by Gasteiger charge is 2.41. The highest BCUT2D eigenvalue weighted by atomic mass is 16.5. The lowest BCUT2D eigenvalue weighted by atomic mass is 9.68. The number of fused-ring (bicyclic) bond motifs is 1. The number of ether oxygens (including phenoxy) is 1. The zero-order valence-electron chi connectivity index (χ0n) is 20.4. The Kier molecular flexibility index (Phi) is 6.23. The molecule has 7 atom stereocenters. The first-order valence-corrected chi connectivity index (χ1v) is 12.3. The Morgan fingerprint density at radius 3 is 2.19 bits per heavy atom. The lowest BCUT2D eigenvalue weighted by Crippen LogP contribution is -2.41. The van der Waals surface area contributed by atoms with Crippen LogP contribution < -0.4 is 0 Å². The Bertz CT molecular complexity index is 927. The van der Waals surface area contributed by atoms with Crippen molar-refractivity contribution in [3.63, 3.8) is 0 Å². The van der Waals surface area contributed by atoms with Gasteiger partial charge in [0, 0.05) is 0 Å². The normalized spacial score (nSPS) is 33.2. The quantitative estimate of drug-likeness (QED) is 0.554. The predicted octanol–water partition coefficient (Wildman–Crippen LogP) is 7.60. The fourth-order valence-corrected chi connectivity index (χ4v) is 6.61. The number of hydrogen-bond donors (Lipinski definition) is 1. The van der Waals surface area contributed by atoms with Crippen LogP contribution in [-0.4, -0.2) is 11.2 Å². The predicted molar refractivity (Wildman–Crippen MR) is 129 cm³/mol. The molecule has 0 spiro atoms. The SMILES string of the molecule is CCC1OC(c2c(C)cc(C)c3c2CC(c2ccc(O)cc2)CC3C)C(C)C(C)C1C. The van der Waals surface area contributed by atoms with Gasteiger partial charge in [0.25, 0.3) is 0 Å². The van der Waals surface area contributed by atoms with Crippen molar-refractivity contribution >= 4 is 0 Å². The molecule has 2 heteroatoms. The zero-order valence-corrected chi connectivity index (χ0v) is 20.4. The van der Waals surface area contributed by atoms with Gasteiger partial charge < -0.3 is 9.84 Å². The Hall–Kier alpha value is -1.80. The van der Waals surface area contributed by atoms with Gasteiger partial charge in [0.2, 0.25) is 0 Å². The molecule has 2 nitrogen and oxygen atoms in total. The molecule has 2 aromatic carbocycles.